The van der Waals surface area contributed by atoms with Crippen LogP contribution in [0.1, 0.15) is 30.5 Å². The molecule has 1 saturated heterocycles. The smallest absolute Gasteiger partial charge is 0.260 e. The number of halogens is 2. The van der Waals surface area contributed by atoms with Crippen molar-refractivity contribution in [3.63, 3.8) is 0 Å². The van der Waals surface area contributed by atoms with Gasteiger partial charge in [-0.05, 0) is 60.9 Å². The third-order valence-corrected chi connectivity index (χ3v) is 7.03. The molecule has 1 atom stereocenters. The topological polar surface area (TPSA) is 59.6 Å². The van der Waals surface area contributed by atoms with Crippen LogP contribution in [0.15, 0.2) is 65.6 Å². The zero-order valence-electron chi connectivity index (χ0n) is 19.4. The van der Waals surface area contributed by atoms with E-state index in [4.69, 9.17) is 32.7 Å². The highest BCUT2D eigenvalue weighted by atomic mass is 35.5. The summed E-state index contributed by atoms with van der Waals surface area (Å²) in [6.07, 6.45) is 2.78. The molecule has 3 aromatic rings. The first-order valence-electron chi connectivity index (χ1n) is 11.3. The standard InChI is InChI=1S/C27H26Cl2N2O3S/c1-3-17-9-11-20(12-10-17)30-27-31-26(32)24(35-27)15-18-13-22(29)25(23(14-18)33-4-2)34-16-19-7-5-6-8-21(19)28/h5-15,27,30H,3-4,16H2,1-2H3,(H,31,32)/b24-15-/t27-/m0/s1. The van der Waals surface area contributed by atoms with E-state index >= 15 is 0 Å². The molecule has 5 nitrogen and oxygen atoms in total. The van der Waals surface area contributed by atoms with Gasteiger partial charge in [0, 0.05) is 16.3 Å². The van der Waals surface area contributed by atoms with Crippen LogP contribution in [0.25, 0.3) is 6.08 Å². The largest absolute Gasteiger partial charge is 0.490 e. The van der Waals surface area contributed by atoms with Gasteiger partial charge in [-0.2, -0.15) is 0 Å². The Balaban J connectivity index is 1.50. The predicted molar refractivity (Wildman–Crippen MR) is 145 cm³/mol. The molecule has 1 aliphatic rings. The summed E-state index contributed by atoms with van der Waals surface area (Å²) in [5, 5.41) is 7.30. The van der Waals surface area contributed by atoms with Crippen molar-refractivity contribution in [2.75, 3.05) is 11.9 Å². The summed E-state index contributed by atoms with van der Waals surface area (Å²) in [5.74, 6) is 0.799. The molecule has 8 heteroatoms. The number of anilines is 1. The first-order valence-corrected chi connectivity index (χ1v) is 13.0. The third kappa shape index (κ3) is 6.45. The van der Waals surface area contributed by atoms with Gasteiger partial charge >= 0.3 is 0 Å². The minimum absolute atomic E-state index is 0.147. The number of benzene rings is 3. The van der Waals surface area contributed by atoms with Gasteiger partial charge in [0.15, 0.2) is 17.0 Å². The van der Waals surface area contributed by atoms with E-state index in [-0.39, 0.29) is 18.0 Å². The Labute approximate surface area is 219 Å². The van der Waals surface area contributed by atoms with E-state index in [0.717, 1.165) is 23.2 Å². The van der Waals surface area contributed by atoms with Crippen molar-refractivity contribution in [3.8, 4) is 11.5 Å². The van der Waals surface area contributed by atoms with E-state index in [1.54, 1.807) is 12.1 Å². The number of aryl methyl sites for hydroxylation is 1. The average Bonchev–Trinajstić information content (AvgIpc) is 3.18. The molecule has 182 valence electrons. The Morgan fingerprint density at radius 2 is 1.80 bits per heavy atom. The number of nitrogens with one attached hydrogen (secondary N) is 2. The normalized spacial score (nSPS) is 16.3. The SMILES string of the molecule is CCOc1cc(/C=C2\S[C@@H](Nc3ccc(CC)cc3)NC2=O)cc(Cl)c1OCc1ccccc1Cl. The van der Waals surface area contributed by atoms with Gasteiger partial charge in [0.1, 0.15) is 6.61 Å². The van der Waals surface area contributed by atoms with Gasteiger partial charge in [0.05, 0.1) is 16.5 Å². The summed E-state index contributed by atoms with van der Waals surface area (Å²) in [7, 11) is 0. The Hall–Kier alpha value is -2.80. The molecule has 1 fully saturated rings. The molecule has 2 N–H and O–H groups in total. The molecule has 1 aliphatic heterocycles. The average molecular weight is 529 g/mol. The molecule has 0 radical (unpaired) electrons. The monoisotopic (exact) mass is 528 g/mol. The zero-order valence-corrected chi connectivity index (χ0v) is 21.8. The highest BCUT2D eigenvalue weighted by Gasteiger charge is 2.27. The molecule has 35 heavy (non-hydrogen) atoms. The second-order valence-electron chi connectivity index (χ2n) is 7.82. The molecule has 0 bridgehead atoms. The van der Waals surface area contributed by atoms with Gasteiger partial charge in [0.25, 0.3) is 5.91 Å². The van der Waals surface area contributed by atoms with Crippen LogP contribution in [0.5, 0.6) is 11.5 Å². The van der Waals surface area contributed by atoms with Crippen molar-refractivity contribution in [1.29, 1.82) is 0 Å². The fourth-order valence-electron chi connectivity index (χ4n) is 3.54. The number of ether oxygens (including phenoxy) is 2. The molecule has 0 spiro atoms. The summed E-state index contributed by atoms with van der Waals surface area (Å²) in [5.41, 5.74) is 3.54. The van der Waals surface area contributed by atoms with E-state index in [1.807, 2.05) is 49.4 Å². The highest BCUT2D eigenvalue weighted by Crippen LogP contribution is 2.39. The number of hydrogen-bond acceptors (Lipinski definition) is 5. The van der Waals surface area contributed by atoms with Crippen molar-refractivity contribution < 1.29 is 14.3 Å². The number of rotatable bonds is 9. The van der Waals surface area contributed by atoms with Crippen LogP contribution in [0.3, 0.4) is 0 Å². The van der Waals surface area contributed by atoms with Crippen LogP contribution < -0.4 is 20.1 Å². The van der Waals surface area contributed by atoms with Gasteiger partial charge in [-0.1, -0.05) is 72.2 Å². The van der Waals surface area contributed by atoms with Crippen molar-refractivity contribution in [3.05, 3.63) is 92.3 Å². The quantitative estimate of drug-likeness (QED) is 0.289. The van der Waals surface area contributed by atoms with E-state index in [0.29, 0.717) is 33.1 Å². The van der Waals surface area contributed by atoms with E-state index in [1.165, 1.54) is 17.3 Å². The van der Waals surface area contributed by atoms with Crippen molar-refractivity contribution in [2.45, 2.75) is 32.4 Å². The second-order valence-corrected chi connectivity index (χ2v) is 9.78. The Bertz CT molecular complexity index is 1230. The fraction of sp³-hybridized carbons (Fsp3) is 0.222. The number of thioether (sulfide) groups is 1. The molecule has 4 rings (SSSR count). The molecule has 0 unspecified atom stereocenters. The number of carbonyl (C=O) groups excluding carboxylic acids is 1. The van der Waals surface area contributed by atoms with Crippen molar-refractivity contribution >= 4 is 52.6 Å². The lowest BCUT2D eigenvalue weighted by Crippen LogP contribution is -2.30. The maximum Gasteiger partial charge on any atom is 0.260 e. The van der Waals surface area contributed by atoms with Crippen LogP contribution >= 0.6 is 35.0 Å². The lowest BCUT2D eigenvalue weighted by Gasteiger charge is -2.15. The second kappa shape index (κ2) is 11.8. The number of carbonyl (C=O) groups is 1. The molecular weight excluding hydrogens is 503 g/mol. The molecule has 1 heterocycles. The van der Waals surface area contributed by atoms with Crippen LogP contribution in [0.4, 0.5) is 5.69 Å². The molecular formula is C27H26Cl2N2O3S. The summed E-state index contributed by atoms with van der Waals surface area (Å²) < 4.78 is 11.8. The van der Waals surface area contributed by atoms with Gasteiger partial charge < -0.3 is 20.1 Å². The summed E-state index contributed by atoms with van der Waals surface area (Å²) in [4.78, 5) is 13.2. The van der Waals surface area contributed by atoms with Crippen LogP contribution in [-0.2, 0) is 17.8 Å². The van der Waals surface area contributed by atoms with E-state index in [2.05, 4.69) is 29.7 Å². The van der Waals surface area contributed by atoms with Crippen molar-refractivity contribution in [1.82, 2.24) is 5.32 Å². The van der Waals surface area contributed by atoms with Gasteiger partial charge in [-0.3, -0.25) is 4.79 Å². The number of amides is 1. The van der Waals surface area contributed by atoms with E-state index in [9.17, 15) is 4.79 Å². The maximum absolute atomic E-state index is 12.6. The fourth-order valence-corrected chi connectivity index (χ4v) is 4.99. The molecule has 0 aromatic heterocycles. The zero-order chi connectivity index (χ0) is 24.8. The van der Waals surface area contributed by atoms with Crippen LogP contribution in [0.2, 0.25) is 10.0 Å². The van der Waals surface area contributed by atoms with Gasteiger partial charge in [-0.15, -0.1) is 0 Å². The van der Waals surface area contributed by atoms with Crippen LogP contribution in [0, 0.1) is 0 Å². The third-order valence-electron chi connectivity index (χ3n) is 5.35. The predicted octanol–water partition coefficient (Wildman–Crippen LogP) is 7.13. The summed E-state index contributed by atoms with van der Waals surface area (Å²) in [6.45, 7) is 4.70. The Morgan fingerprint density at radius 1 is 1.03 bits per heavy atom. The number of hydrogen-bond donors (Lipinski definition) is 2. The van der Waals surface area contributed by atoms with Gasteiger partial charge in [-0.25, -0.2) is 0 Å². The maximum atomic E-state index is 12.6. The molecule has 1 amide bonds. The molecule has 3 aromatic carbocycles. The van der Waals surface area contributed by atoms with Crippen LogP contribution in [-0.4, -0.2) is 18.0 Å². The summed E-state index contributed by atoms with van der Waals surface area (Å²) in [6, 6.07) is 19.2. The summed E-state index contributed by atoms with van der Waals surface area (Å²) >= 11 is 14.2. The lowest BCUT2D eigenvalue weighted by atomic mass is 10.1. The van der Waals surface area contributed by atoms with Crippen molar-refractivity contribution in [2.24, 2.45) is 0 Å². The Morgan fingerprint density at radius 3 is 2.51 bits per heavy atom. The van der Waals surface area contributed by atoms with Gasteiger partial charge in [0.2, 0.25) is 0 Å². The molecule has 0 aliphatic carbocycles. The first-order chi connectivity index (χ1) is 17.0. The minimum Gasteiger partial charge on any atom is -0.490 e. The highest BCUT2D eigenvalue weighted by molar-refractivity contribution is 8.05. The van der Waals surface area contributed by atoms with E-state index < -0.39 is 0 Å². The first kappa shape index (κ1) is 25.3. The lowest BCUT2D eigenvalue weighted by molar-refractivity contribution is -0.116. The minimum atomic E-state index is -0.263. The Kier molecular flexibility index (Phi) is 8.50. The molecule has 0 saturated carbocycles.